The van der Waals surface area contributed by atoms with Crippen LogP contribution in [0.5, 0.6) is 11.5 Å². The molecule has 5 aliphatic rings. The molecule has 0 radical (unpaired) electrons. The van der Waals surface area contributed by atoms with Crippen molar-refractivity contribution in [1.82, 2.24) is 0 Å². The van der Waals surface area contributed by atoms with Gasteiger partial charge in [-0.25, -0.2) is 0 Å². The second kappa shape index (κ2) is 4.12. The largest absolute Gasteiger partial charge is 0.446 e. The topological polar surface area (TPSA) is 101 Å². The Labute approximate surface area is 153 Å². The molecule has 4 fully saturated rings. The fraction of sp³-hybridized carbons (Fsp3) is 0.450. The molecule has 2 aromatic carbocycles. The van der Waals surface area contributed by atoms with E-state index < -0.39 is 41.4 Å². The van der Waals surface area contributed by atoms with Gasteiger partial charge in [-0.3, -0.25) is 4.79 Å². The van der Waals surface area contributed by atoms with E-state index in [0.29, 0.717) is 11.5 Å². The lowest BCUT2D eigenvalue weighted by molar-refractivity contribution is -0.216. The summed E-state index contributed by atoms with van der Waals surface area (Å²) in [6.07, 6.45) is -2.94. The molecule has 0 bridgehead atoms. The fourth-order valence-electron chi connectivity index (χ4n) is 5.62. The van der Waals surface area contributed by atoms with Gasteiger partial charge in [0.25, 0.3) is 0 Å². The van der Waals surface area contributed by atoms with Crippen molar-refractivity contribution >= 4 is 16.6 Å². The molecule has 2 saturated carbocycles. The summed E-state index contributed by atoms with van der Waals surface area (Å²) in [5, 5.41) is 23.4. The number of hydrogen-bond acceptors (Lipinski definition) is 7. The van der Waals surface area contributed by atoms with Gasteiger partial charge < -0.3 is 29.2 Å². The van der Waals surface area contributed by atoms with Crippen LogP contribution < -0.4 is 9.47 Å². The molecule has 0 aromatic heterocycles. The lowest BCUT2D eigenvalue weighted by atomic mass is 9.64. The quantitative estimate of drug-likeness (QED) is 0.660. The number of aliphatic hydroxyl groups excluding tert-OH is 2. The van der Waals surface area contributed by atoms with E-state index in [4.69, 9.17) is 18.9 Å². The number of epoxide rings is 2. The summed E-state index contributed by atoms with van der Waals surface area (Å²) in [4.78, 5) is 12.9. The van der Waals surface area contributed by atoms with Crippen LogP contribution >= 0.6 is 0 Å². The smallest absolute Gasteiger partial charge is 0.316 e. The summed E-state index contributed by atoms with van der Waals surface area (Å²) in [6, 6.07) is 11.3. The van der Waals surface area contributed by atoms with E-state index in [1.54, 1.807) is 0 Å². The van der Waals surface area contributed by atoms with Gasteiger partial charge in [0.05, 0.1) is 17.6 Å². The number of ether oxygens (including phenoxy) is 4. The maximum absolute atomic E-state index is 12.9. The summed E-state index contributed by atoms with van der Waals surface area (Å²) in [7, 11) is 0. The van der Waals surface area contributed by atoms with Crippen molar-refractivity contribution in [2.75, 3.05) is 0 Å². The van der Waals surface area contributed by atoms with E-state index in [0.717, 1.165) is 10.8 Å². The first kappa shape index (κ1) is 14.8. The van der Waals surface area contributed by atoms with Gasteiger partial charge in [0.15, 0.2) is 17.8 Å². The molecule has 2 saturated heterocycles. The Morgan fingerprint density at radius 3 is 2.33 bits per heavy atom. The Balaban J connectivity index is 1.49. The van der Waals surface area contributed by atoms with Crippen LogP contribution in [-0.2, 0) is 14.3 Å². The van der Waals surface area contributed by atoms with Crippen LogP contribution in [0.3, 0.4) is 0 Å². The SMILES string of the molecule is O=C1C2OC2C2(Oc3cccc4cccc(c34)O2)C23OC12C(O)CCC3O. The molecule has 3 aliphatic heterocycles. The molecule has 3 heterocycles. The number of benzene rings is 2. The highest BCUT2D eigenvalue weighted by molar-refractivity contribution is 6.02. The zero-order valence-corrected chi connectivity index (χ0v) is 14.1. The molecule has 0 amide bonds. The van der Waals surface area contributed by atoms with Crippen LogP contribution in [0.15, 0.2) is 36.4 Å². The highest BCUT2D eigenvalue weighted by Crippen LogP contribution is 2.72. The third-order valence-electron chi connectivity index (χ3n) is 6.84. The summed E-state index contributed by atoms with van der Waals surface area (Å²) < 4.78 is 24.4. The number of ketones is 1. The lowest BCUT2D eigenvalue weighted by Gasteiger charge is -2.47. The molecular weight excluding hydrogens is 352 g/mol. The van der Waals surface area contributed by atoms with Crippen LogP contribution in [0, 0.1) is 0 Å². The van der Waals surface area contributed by atoms with Crippen molar-refractivity contribution in [2.24, 2.45) is 0 Å². The van der Waals surface area contributed by atoms with Gasteiger partial charge in [-0.15, -0.1) is 0 Å². The number of aliphatic hydroxyl groups is 2. The van der Waals surface area contributed by atoms with Crippen LogP contribution in [0.4, 0.5) is 0 Å². The van der Waals surface area contributed by atoms with Crippen molar-refractivity contribution in [1.29, 1.82) is 0 Å². The monoisotopic (exact) mass is 368 g/mol. The minimum absolute atomic E-state index is 0.272. The number of carbonyl (C=O) groups excluding carboxylic acids is 1. The number of carbonyl (C=O) groups is 1. The second-order valence-corrected chi connectivity index (χ2v) is 8.01. The van der Waals surface area contributed by atoms with E-state index in [2.05, 4.69) is 0 Å². The van der Waals surface area contributed by atoms with Gasteiger partial charge in [-0.2, -0.15) is 0 Å². The molecule has 27 heavy (non-hydrogen) atoms. The van der Waals surface area contributed by atoms with Crippen LogP contribution in [-0.4, -0.2) is 57.4 Å². The first-order chi connectivity index (χ1) is 13.1. The van der Waals surface area contributed by atoms with E-state index in [1.165, 1.54) is 0 Å². The molecule has 7 heteroatoms. The Morgan fingerprint density at radius 1 is 0.963 bits per heavy atom. The minimum atomic E-state index is -1.54. The van der Waals surface area contributed by atoms with Crippen LogP contribution in [0.1, 0.15) is 12.8 Å². The third-order valence-corrected chi connectivity index (χ3v) is 6.84. The Morgan fingerprint density at radius 2 is 1.63 bits per heavy atom. The van der Waals surface area contributed by atoms with Crippen LogP contribution in [0.25, 0.3) is 10.8 Å². The van der Waals surface area contributed by atoms with Gasteiger partial charge in [0.1, 0.15) is 11.5 Å². The van der Waals surface area contributed by atoms with E-state index >= 15 is 0 Å². The van der Waals surface area contributed by atoms with Gasteiger partial charge in [0, 0.05) is 0 Å². The maximum atomic E-state index is 12.9. The average molecular weight is 368 g/mol. The lowest BCUT2D eigenvalue weighted by Crippen LogP contribution is -2.74. The molecule has 2 aliphatic carbocycles. The molecule has 6 unspecified atom stereocenters. The molecule has 6 atom stereocenters. The first-order valence-electron chi connectivity index (χ1n) is 9.21. The normalized spacial score (nSPS) is 44.6. The zero-order valence-electron chi connectivity index (χ0n) is 14.1. The zero-order chi connectivity index (χ0) is 18.2. The Kier molecular flexibility index (Phi) is 2.26. The van der Waals surface area contributed by atoms with Crippen molar-refractivity contribution in [3.63, 3.8) is 0 Å². The van der Waals surface area contributed by atoms with E-state index in [-0.39, 0.29) is 18.6 Å². The highest BCUT2D eigenvalue weighted by Gasteiger charge is 2.99. The molecule has 138 valence electrons. The van der Waals surface area contributed by atoms with Crippen molar-refractivity contribution in [3.05, 3.63) is 36.4 Å². The summed E-state index contributed by atoms with van der Waals surface area (Å²) in [5.74, 6) is -0.670. The average Bonchev–Trinajstić information content (AvgIpc) is 3.57. The minimum Gasteiger partial charge on any atom is -0.446 e. The van der Waals surface area contributed by atoms with Gasteiger partial charge in [-0.05, 0) is 30.4 Å². The first-order valence-corrected chi connectivity index (χ1v) is 9.21. The standard InChI is InChI=1S/C20H16O7/c21-12-7-8-13(22)19-18(12,27-19)16(23)15-17(24-15)20(19)25-10-5-1-3-9-4-2-6-11(26-20)14(9)10/h1-6,12-13,15,17,21-22H,7-8H2. The number of fused-ring (bicyclic) bond motifs is 2. The second-order valence-electron chi connectivity index (χ2n) is 8.01. The van der Waals surface area contributed by atoms with Crippen LogP contribution in [0.2, 0.25) is 0 Å². The van der Waals surface area contributed by atoms with E-state index in [9.17, 15) is 15.0 Å². The number of rotatable bonds is 0. The predicted molar refractivity (Wildman–Crippen MR) is 89.4 cm³/mol. The van der Waals surface area contributed by atoms with E-state index in [1.807, 2.05) is 36.4 Å². The molecule has 2 N–H and O–H groups in total. The maximum Gasteiger partial charge on any atom is 0.316 e. The fourth-order valence-corrected chi connectivity index (χ4v) is 5.62. The van der Waals surface area contributed by atoms with Crippen molar-refractivity contribution in [3.8, 4) is 11.5 Å². The summed E-state index contributed by atoms with van der Waals surface area (Å²) in [5.41, 5.74) is -3.02. The van der Waals surface area contributed by atoms with Gasteiger partial charge in [-0.1, -0.05) is 24.3 Å². The summed E-state index contributed by atoms with van der Waals surface area (Å²) >= 11 is 0. The third kappa shape index (κ3) is 1.31. The molecule has 1 spiro atoms. The number of Topliss-reactive ketones (excluding diaryl/α,β-unsaturated/α-hetero) is 1. The molecular formula is C20H16O7. The predicted octanol–water partition coefficient (Wildman–Crippen LogP) is 0.681. The molecule has 2 aromatic rings. The number of hydrogen-bond donors (Lipinski definition) is 2. The van der Waals surface area contributed by atoms with Crippen molar-refractivity contribution in [2.45, 2.75) is 54.2 Å². The Bertz CT molecular complexity index is 1010. The van der Waals surface area contributed by atoms with Crippen molar-refractivity contribution < 1.29 is 34.0 Å². The van der Waals surface area contributed by atoms with Gasteiger partial charge >= 0.3 is 5.79 Å². The van der Waals surface area contributed by atoms with Gasteiger partial charge in [0.2, 0.25) is 11.4 Å². The highest BCUT2D eigenvalue weighted by atomic mass is 16.8. The molecule has 7 nitrogen and oxygen atoms in total. The molecule has 7 rings (SSSR count). The summed E-state index contributed by atoms with van der Waals surface area (Å²) in [6.45, 7) is 0. The Hall–Kier alpha value is -2.19.